The average Bonchev–Trinajstić information content (AvgIpc) is 3.15. The Balaban J connectivity index is 1.71. The number of sulfonamides is 1. The van der Waals surface area contributed by atoms with Crippen LogP contribution in [0.4, 0.5) is 0 Å². The molecular weight excluding hydrogens is 348 g/mol. The van der Waals surface area contributed by atoms with Crippen LogP contribution < -0.4 is 4.72 Å². The maximum Gasteiger partial charge on any atom is 0.266 e. The normalized spacial score (nSPS) is 11.7. The monoisotopic (exact) mass is 356 g/mol. The molecule has 0 saturated carbocycles. The van der Waals surface area contributed by atoms with E-state index in [9.17, 15) is 8.42 Å². The zero-order valence-electron chi connectivity index (χ0n) is 10.9. The van der Waals surface area contributed by atoms with Gasteiger partial charge in [-0.15, -0.1) is 21.5 Å². The highest BCUT2D eigenvalue weighted by molar-refractivity contribution is 7.91. The van der Waals surface area contributed by atoms with Crippen LogP contribution in [0, 0.1) is 0 Å². The van der Waals surface area contributed by atoms with Crippen molar-refractivity contribution in [1.29, 1.82) is 0 Å². The summed E-state index contributed by atoms with van der Waals surface area (Å²) < 4.78 is 32.3. The van der Waals surface area contributed by atoms with Gasteiger partial charge in [-0.25, -0.2) is 13.1 Å². The molecule has 0 radical (unpaired) electrons. The summed E-state index contributed by atoms with van der Waals surface area (Å²) in [5, 5.41) is 7.62. The third-order valence-electron chi connectivity index (χ3n) is 2.58. The van der Waals surface area contributed by atoms with E-state index in [4.69, 9.17) is 16.0 Å². The molecule has 0 saturated heterocycles. The van der Waals surface area contributed by atoms with Crippen molar-refractivity contribution in [2.45, 2.75) is 10.8 Å². The number of nitrogens with one attached hydrogen (secondary N) is 1. The van der Waals surface area contributed by atoms with Crippen LogP contribution in [0.1, 0.15) is 5.89 Å². The largest absolute Gasteiger partial charge is 0.418 e. The first-order chi connectivity index (χ1) is 10.5. The van der Waals surface area contributed by atoms with Crippen LogP contribution in [0.25, 0.3) is 11.6 Å². The van der Waals surface area contributed by atoms with Crippen LogP contribution in [0.5, 0.6) is 0 Å². The fourth-order valence-electron chi connectivity index (χ4n) is 1.59. The Morgan fingerprint density at radius 3 is 2.77 bits per heavy atom. The Morgan fingerprint density at radius 2 is 2.09 bits per heavy atom. The van der Waals surface area contributed by atoms with E-state index in [2.05, 4.69) is 19.9 Å². The number of hydrogen-bond acceptors (Lipinski definition) is 7. The predicted molar refractivity (Wildman–Crippen MR) is 80.9 cm³/mol. The first-order valence-electron chi connectivity index (χ1n) is 6.03. The van der Waals surface area contributed by atoms with Crippen molar-refractivity contribution < 1.29 is 12.8 Å². The maximum atomic E-state index is 12.0. The van der Waals surface area contributed by atoms with E-state index < -0.39 is 10.0 Å². The third kappa shape index (κ3) is 3.33. The average molecular weight is 357 g/mol. The van der Waals surface area contributed by atoms with Gasteiger partial charge < -0.3 is 4.42 Å². The number of rotatable bonds is 5. The molecule has 114 valence electrons. The van der Waals surface area contributed by atoms with E-state index in [1.54, 1.807) is 24.4 Å². The fraction of sp³-hybridized carbons (Fsp3) is 0.0833. The van der Waals surface area contributed by atoms with Crippen LogP contribution in [0.2, 0.25) is 4.34 Å². The molecule has 0 spiro atoms. The summed E-state index contributed by atoms with van der Waals surface area (Å²) in [7, 11) is -3.65. The highest BCUT2D eigenvalue weighted by Gasteiger charge is 2.18. The zero-order chi connectivity index (χ0) is 15.6. The lowest BCUT2D eigenvalue weighted by molar-refractivity contribution is 0.493. The first kappa shape index (κ1) is 15.1. The van der Waals surface area contributed by atoms with Gasteiger partial charge in [-0.05, 0) is 24.3 Å². The Kier molecular flexibility index (Phi) is 4.21. The van der Waals surface area contributed by atoms with E-state index in [1.807, 2.05) is 0 Å². The minimum atomic E-state index is -3.65. The lowest BCUT2D eigenvalue weighted by Gasteiger charge is -2.00. The Morgan fingerprint density at radius 1 is 1.23 bits per heavy atom. The molecule has 3 heterocycles. The molecule has 3 aromatic heterocycles. The Bertz CT molecular complexity index is 877. The summed E-state index contributed by atoms with van der Waals surface area (Å²) in [6, 6.07) is 8.22. The molecule has 0 amide bonds. The number of aromatic nitrogens is 3. The van der Waals surface area contributed by atoms with Gasteiger partial charge in [0, 0.05) is 6.20 Å². The minimum Gasteiger partial charge on any atom is -0.418 e. The topological polar surface area (TPSA) is 98.0 Å². The highest BCUT2D eigenvalue weighted by Crippen LogP contribution is 2.25. The van der Waals surface area contributed by atoms with Gasteiger partial charge in [0.15, 0.2) is 0 Å². The molecule has 0 aliphatic carbocycles. The molecule has 1 N–H and O–H groups in total. The van der Waals surface area contributed by atoms with E-state index in [0.717, 1.165) is 11.3 Å². The van der Waals surface area contributed by atoms with Gasteiger partial charge in [0.05, 0.1) is 10.9 Å². The lowest BCUT2D eigenvalue weighted by Crippen LogP contribution is -2.22. The van der Waals surface area contributed by atoms with Gasteiger partial charge in [-0.1, -0.05) is 17.7 Å². The number of halogens is 1. The molecule has 22 heavy (non-hydrogen) atoms. The highest BCUT2D eigenvalue weighted by atomic mass is 35.5. The van der Waals surface area contributed by atoms with Crippen LogP contribution in [-0.2, 0) is 16.6 Å². The van der Waals surface area contributed by atoms with Crippen LogP contribution in [0.15, 0.2) is 45.2 Å². The van der Waals surface area contributed by atoms with Crippen LogP contribution >= 0.6 is 22.9 Å². The van der Waals surface area contributed by atoms with Crippen molar-refractivity contribution in [2.24, 2.45) is 0 Å². The molecule has 0 bridgehead atoms. The van der Waals surface area contributed by atoms with Gasteiger partial charge in [-0.2, -0.15) is 0 Å². The second-order valence-electron chi connectivity index (χ2n) is 4.10. The van der Waals surface area contributed by atoms with E-state index >= 15 is 0 Å². The Hall–Kier alpha value is -1.81. The fourth-order valence-corrected chi connectivity index (χ4v) is 4.09. The standard InChI is InChI=1S/C12H9ClN4O3S2/c13-9-4-5-11(21-9)22(18,19)15-7-10-16-17-12(20-10)8-3-1-2-6-14-8/h1-6,15H,7H2. The molecule has 0 aliphatic heterocycles. The molecule has 0 fully saturated rings. The van der Waals surface area contributed by atoms with Gasteiger partial charge in [0.25, 0.3) is 15.9 Å². The van der Waals surface area contributed by atoms with E-state index in [0.29, 0.717) is 10.0 Å². The van der Waals surface area contributed by atoms with Crippen molar-refractivity contribution in [3.8, 4) is 11.6 Å². The van der Waals surface area contributed by atoms with Crippen molar-refractivity contribution in [1.82, 2.24) is 19.9 Å². The second kappa shape index (κ2) is 6.13. The summed E-state index contributed by atoms with van der Waals surface area (Å²) in [5.74, 6) is 0.376. The number of pyridine rings is 1. The molecule has 3 rings (SSSR count). The molecule has 0 atom stereocenters. The number of hydrogen-bond donors (Lipinski definition) is 1. The predicted octanol–water partition coefficient (Wildman–Crippen LogP) is 2.33. The molecule has 7 nitrogen and oxygen atoms in total. The third-order valence-corrected chi connectivity index (χ3v) is 5.70. The Labute approximate surface area is 135 Å². The molecule has 0 unspecified atom stereocenters. The van der Waals surface area contributed by atoms with Gasteiger partial charge in [0.1, 0.15) is 9.90 Å². The van der Waals surface area contributed by atoms with E-state index in [-0.39, 0.29) is 22.5 Å². The van der Waals surface area contributed by atoms with Crippen molar-refractivity contribution in [3.05, 3.63) is 46.8 Å². The minimum absolute atomic E-state index is 0.113. The zero-order valence-corrected chi connectivity index (χ0v) is 13.3. The van der Waals surface area contributed by atoms with Crippen molar-refractivity contribution in [3.63, 3.8) is 0 Å². The number of thiophene rings is 1. The second-order valence-corrected chi connectivity index (χ2v) is 7.81. The number of nitrogens with zero attached hydrogens (tertiary/aromatic N) is 3. The molecule has 0 aliphatic rings. The summed E-state index contributed by atoms with van der Waals surface area (Å²) in [5.41, 5.74) is 0.522. The SMILES string of the molecule is O=S(=O)(NCc1nnc(-c2ccccn2)o1)c1ccc(Cl)s1. The van der Waals surface area contributed by atoms with Gasteiger partial charge in [0.2, 0.25) is 5.89 Å². The van der Waals surface area contributed by atoms with Crippen LogP contribution in [-0.4, -0.2) is 23.6 Å². The van der Waals surface area contributed by atoms with Crippen molar-refractivity contribution >= 4 is 33.0 Å². The summed E-state index contributed by atoms with van der Waals surface area (Å²) in [4.78, 5) is 4.07. The van der Waals surface area contributed by atoms with Crippen LogP contribution in [0.3, 0.4) is 0 Å². The first-order valence-corrected chi connectivity index (χ1v) is 8.71. The molecular formula is C12H9ClN4O3S2. The van der Waals surface area contributed by atoms with Gasteiger partial charge in [-0.3, -0.25) is 4.98 Å². The van der Waals surface area contributed by atoms with Crippen molar-refractivity contribution in [2.75, 3.05) is 0 Å². The molecule has 10 heteroatoms. The smallest absolute Gasteiger partial charge is 0.266 e. The van der Waals surface area contributed by atoms with E-state index in [1.165, 1.54) is 12.1 Å². The molecule has 0 aromatic carbocycles. The summed E-state index contributed by atoms with van der Waals surface area (Å²) >= 11 is 6.70. The van der Waals surface area contributed by atoms with Gasteiger partial charge >= 0.3 is 0 Å². The summed E-state index contributed by atoms with van der Waals surface area (Å²) in [6.07, 6.45) is 1.60. The lowest BCUT2D eigenvalue weighted by atomic mass is 10.3. The molecule has 3 aromatic rings. The maximum absolute atomic E-state index is 12.0. The quantitative estimate of drug-likeness (QED) is 0.753. The summed E-state index contributed by atoms with van der Waals surface area (Å²) in [6.45, 7) is -0.113.